The SMILES string of the molecule is OB(O)c1cccc2c1Sc1ccccc1N2. The molecule has 2 aromatic carbocycles. The third-order valence-electron chi connectivity index (χ3n) is 2.69. The zero-order valence-corrected chi connectivity index (χ0v) is 9.74. The summed E-state index contributed by atoms with van der Waals surface area (Å²) >= 11 is 1.55. The van der Waals surface area contributed by atoms with E-state index < -0.39 is 7.12 Å². The average Bonchev–Trinajstić information content (AvgIpc) is 2.35. The molecule has 84 valence electrons. The predicted octanol–water partition coefficient (Wildman–Crippen LogP) is 1.57. The zero-order chi connectivity index (χ0) is 11.8. The number of anilines is 2. The molecule has 0 aromatic heterocycles. The summed E-state index contributed by atoms with van der Waals surface area (Å²) in [5.74, 6) is 0. The smallest absolute Gasteiger partial charge is 0.423 e. The third-order valence-corrected chi connectivity index (χ3v) is 3.93. The van der Waals surface area contributed by atoms with Crippen molar-refractivity contribution in [2.45, 2.75) is 9.79 Å². The van der Waals surface area contributed by atoms with Crippen LogP contribution in [0.25, 0.3) is 0 Å². The fourth-order valence-corrected chi connectivity index (χ4v) is 3.00. The van der Waals surface area contributed by atoms with Crippen LogP contribution in [-0.4, -0.2) is 17.2 Å². The molecule has 0 radical (unpaired) electrons. The molecule has 1 aliphatic rings. The minimum Gasteiger partial charge on any atom is -0.423 e. The standard InChI is InChI=1S/C12H10BNO2S/c15-13(16)8-4-3-6-10-12(8)17-11-7-2-1-5-9(11)14-10/h1-7,14-16H. The summed E-state index contributed by atoms with van der Waals surface area (Å²) in [4.78, 5) is 1.97. The Labute approximate surface area is 104 Å². The third kappa shape index (κ3) is 1.82. The lowest BCUT2D eigenvalue weighted by atomic mass is 9.80. The van der Waals surface area contributed by atoms with Gasteiger partial charge in [-0.3, -0.25) is 0 Å². The molecule has 5 heteroatoms. The van der Waals surface area contributed by atoms with E-state index in [-0.39, 0.29) is 0 Å². The van der Waals surface area contributed by atoms with Crippen molar-refractivity contribution in [3.63, 3.8) is 0 Å². The van der Waals surface area contributed by atoms with Crippen LogP contribution in [-0.2, 0) is 0 Å². The van der Waals surface area contributed by atoms with Gasteiger partial charge in [0.2, 0.25) is 0 Å². The van der Waals surface area contributed by atoms with Gasteiger partial charge in [-0.15, -0.1) is 0 Å². The molecular weight excluding hydrogens is 233 g/mol. The van der Waals surface area contributed by atoms with Gasteiger partial charge in [-0.2, -0.15) is 0 Å². The first-order valence-corrected chi connectivity index (χ1v) is 6.10. The quantitative estimate of drug-likeness (QED) is 0.568. The monoisotopic (exact) mass is 243 g/mol. The molecule has 17 heavy (non-hydrogen) atoms. The van der Waals surface area contributed by atoms with Crippen molar-refractivity contribution >= 4 is 35.7 Å². The maximum atomic E-state index is 9.34. The molecule has 0 saturated carbocycles. The minimum atomic E-state index is -1.44. The van der Waals surface area contributed by atoms with Crippen molar-refractivity contribution in [3.05, 3.63) is 42.5 Å². The van der Waals surface area contributed by atoms with Crippen LogP contribution in [0.1, 0.15) is 0 Å². The molecule has 0 atom stereocenters. The Kier molecular flexibility index (Phi) is 2.59. The Morgan fingerprint density at radius 1 is 0.941 bits per heavy atom. The van der Waals surface area contributed by atoms with E-state index in [0.29, 0.717) is 5.46 Å². The number of benzene rings is 2. The van der Waals surface area contributed by atoms with Gasteiger partial charge in [-0.1, -0.05) is 36.0 Å². The molecule has 0 bridgehead atoms. The van der Waals surface area contributed by atoms with Crippen molar-refractivity contribution < 1.29 is 10.0 Å². The Bertz CT molecular complexity index is 574. The highest BCUT2D eigenvalue weighted by Crippen LogP contribution is 2.42. The summed E-state index contributed by atoms with van der Waals surface area (Å²) in [6.45, 7) is 0. The lowest BCUT2D eigenvalue weighted by molar-refractivity contribution is 0.425. The highest BCUT2D eigenvalue weighted by atomic mass is 32.2. The van der Waals surface area contributed by atoms with Crippen LogP contribution in [0.2, 0.25) is 0 Å². The molecule has 0 spiro atoms. The van der Waals surface area contributed by atoms with Crippen LogP contribution in [0.3, 0.4) is 0 Å². The van der Waals surface area contributed by atoms with Crippen molar-refractivity contribution in [2.24, 2.45) is 0 Å². The Morgan fingerprint density at radius 2 is 1.71 bits per heavy atom. The maximum Gasteiger partial charge on any atom is 0.489 e. The van der Waals surface area contributed by atoms with Crippen LogP contribution >= 0.6 is 11.8 Å². The molecule has 3 rings (SSSR count). The first-order valence-electron chi connectivity index (χ1n) is 5.28. The van der Waals surface area contributed by atoms with E-state index in [0.717, 1.165) is 21.2 Å². The van der Waals surface area contributed by atoms with E-state index in [2.05, 4.69) is 5.32 Å². The molecule has 0 saturated heterocycles. The van der Waals surface area contributed by atoms with Gasteiger partial charge in [0, 0.05) is 9.79 Å². The van der Waals surface area contributed by atoms with Gasteiger partial charge in [-0.05, 0) is 23.7 Å². The number of nitrogens with one attached hydrogen (secondary N) is 1. The molecule has 1 aliphatic heterocycles. The van der Waals surface area contributed by atoms with Crippen LogP contribution in [0.5, 0.6) is 0 Å². The topological polar surface area (TPSA) is 52.5 Å². The number of para-hydroxylation sites is 1. The molecule has 0 aliphatic carbocycles. The largest absolute Gasteiger partial charge is 0.489 e. The summed E-state index contributed by atoms with van der Waals surface area (Å²) < 4.78 is 0. The number of hydrogen-bond donors (Lipinski definition) is 3. The van der Waals surface area contributed by atoms with E-state index >= 15 is 0 Å². The molecular formula is C12H10BNO2S. The highest BCUT2D eigenvalue weighted by Gasteiger charge is 2.23. The second-order valence-corrected chi connectivity index (χ2v) is 4.87. The van der Waals surface area contributed by atoms with E-state index in [4.69, 9.17) is 0 Å². The van der Waals surface area contributed by atoms with Gasteiger partial charge in [0.15, 0.2) is 0 Å². The molecule has 0 fully saturated rings. The van der Waals surface area contributed by atoms with E-state index in [1.165, 1.54) is 0 Å². The normalized spacial score (nSPS) is 12.4. The van der Waals surface area contributed by atoms with Crippen molar-refractivity contribution in [3.8, 4) is 0 Å². The Morgan fingerprint density at radius 3 is 2.53 bits per heavy atom. The van der Waals surface area contributed by atoms with Gasteiger partial charge < -0.3 is 15.4 Å². The van der Waals surface area contributed by atoms with Crippen LogP contribution in [0.4, 0.5) is 11.4 Å². The zero-order valence-electron chi connectivity index (χ0n) is 8.92. The summed E-state index contributed by atoms with van der Waals surface area (Å²) in [5, 5.41) is 22.0. The van der Waals surface area contributed by atoms with Crippen LogP contribution < -0.4 is 10.8 Å². The summed E-state index contributed by atoms with van der Waals surface area (Å²) in [6, 6.07) is 13.4. The fraction of sp³-hybridized carbons (Fsp3) is 0. The number of fused-ring (bicyclic) bond motifs is 2. The van der Waals surface area contributed by atoms with Crippen molar-refractivity contribution in [2.75, 3.05) is 5.32 Å². The molecule has 1 heterocycles. The second-order valence-electron chi connectivity index (χ2n) is 3.82. The average molecular weight is 243 g/mol. The Hall–Kier alpha value is -1.43. The van der Waals surface area contributed by atoms with Crippen LogP contribution in [0, 0.1) is 0 Å². The van der Waals surface area contributed by atoms with Gasteiger partial charge in [0.1, 0.15) is 0 Å². The number of rotatable bonds is 1. The fourth-order valence-electron chi connectivity index (χ4n) is 1.88. The minimum absolute atomic E-state index is 0.537. The van der Waals surface area contributed by atoms with Crippen molar-refractivity contribution in [1.82, 2.24) is 0 Å². The highest BCUT2D eigenvalue weighted by molar-refractivity contribution is 8.00. The summed E-state index contributed by atoms with van der Waals surface area (Å²) in [6.07, 6.45) is 0. The predicted molar refractivity (Wildman–Crippen MR) is 70.1 cm³/mol. The second kappa shape index (κ2) is 4.11. The maximum absolute atomic E-state index is 9.34. The summed E-state index contributed by atoms with van der Waals surface area (Å²) in [5.41, 5.74) is 2.50. The first kappa shape index (κ1) is 10.7. The molecule has 0 unspecified atom stereocenters. The van der Waals surface area contributed by atoms with Gasteiger partial charge in [0.05, 0.1) is 11.4 Å². The first-order chi connectivity index (χ1) is 8.25. The van der Waals surface area contributed by atoms with Crippen LogP contribution in [0.15, 0.2) is 52.3 Å². The van der Waals surface area contributed by atoms with E-state index in [1.807, 2.05) is 36.4 Å². The van der Waals surface area contributed by atoms with Gasteiger partial charge >= 0.3 is 7.12 Å². The molecule has 2 aromatic rings. The Balaban J connectivity index is 2.12. The van der Waals surface area contributed by atoms with Gasteiger partial charge in [-0.25, -0.2) is 0 Å². The summed E-state index contributed by atoms with van der Waals surface area (Å²) in [7, 11) is -1.44. The lowest BCUT2D eigenvalue weighted by Gasteiger charge is -2.22. The lowest BCUT2D eigenvalue weighted by Crippen LogP contribution is -2.32. The van der Waals surface area contributed by atoms with Crippen molar-refractivity contribution in [1.29, 1.82) is 0 Å². The van der Waals surface area contributed by atoms with Gasteiger partial charge in [0.25, 0.3) is 0 Å². The van der Waals surface area contributed by atoms with E-state index in [9.17, 15) is 10.0 Å². The molecule has 3 N–H and O–H groups in total. The molecule has 0 amide bonds. The number of hydrogen-bond acceptors (Lipinski definition) is 4. The van der Waals surface area contributed by atoms with E-state index in [1.54, 1.807) is 17.8 Å². The molecule has 3 nitrogen and oxygen atoms in total.